The van der Waals surface area contributed by atoms with Gasteiger partial charge in [0.15, 0.2) is 0 Å². The fourth-order valence-electron chi connectivity index (χ4n) is 2.07. The Morgan fingerprint density at radius 2 is 2.13 bits per heavy atom. The number of rotatable bonds is 5. The van der Waals surface area contributed by atoms with Crippen molar-refractivity contribution in [1.82, 2.24) is 4.98 Å². The van der Waals surface area contributed by atoms with E-state index in [2.05, 4.69) is 20.8 Å². The Morgan fingerprint density at radius 3 is 2.87 bits per heavy atom. The van der Waals surface area contributed by atoms with Crippen LogP contribution in [-0.4, -0.2) is 23.2 Å². The summed E-state index contributed by atoms with van der Waals surface area (Å²) < 4.78 is 1.07. The van der Waals surface area contributed by atoms with Crippen molar-refractivity contribution in [3.8, 4) is 0 Å². The van der Waals surface area contributed by atoms with Crippen molar-refractivity contribution in [2.75, 3.05) is 17.8 Å². The number of anilines is 2. The summed E-state index contributed by atoms with van der Waals surface area (Å²) in [5, 5.41) is 18.6. The predicted octanol–water partition coefficient (Wildman–Crippen LogP) is 3.69. The number of nitrogens with one attached hydrogen (secondary N) is 2. The van der Waals surface area contributed by atoms with Crippen LogP contribution >= 0.6 is 11.3 Å². The predicted molar refractivity (Wildman–Crippen MR) is 93.5 cm³/mol. The third-order valence-electron chi connectivity index (χ3n) is 3.16. The Labute approximate surface area is 135 Å². The molecule has 0 atom stereocenters. The van der Waals surface area contributed by atoms with Crippen LogP contribution in [0.3, 0.4) is 0 Å². The van der Waals surface area contributed by atoms with Crippen molar-refractivity contribution in [1.29, 1.82) is 0 Å². The molecule has 0 amide bonds. The zero-order chi connectivity index (χ0) is 16.2. The van der Waals surface area contributed by atoms with E-state index < -0.39 is 4.92 Å². The Morgan fingerprint density at radius 1 is 1.30 bits per heavy atom. The summed E-state index contributed by atoms with van der Waals surface area (Å²) in [6, 6.07) is 12.7. The molecular formula is C15H13N5O2S. The molecule has 0 spiro atoms. The minimum atomic E-state index is -0.426. The molecule has 1 aromatic heterocycles. The molecule has 0 saturated heterocycles. The maximum atomic E-state index is 11.0. The number of nitrogens with zero attached hydrogens (tertiary/aromatic N) is 3. The van der Waals surface area contributed by atoms with Gasteiger partial charge in [0.2, 0.25) is 5.13 Å². The van der Waals surface area contributed by atoms with Crippen molar-refractivity contribution in [3.05, 3.63) is 58.1 Å². The number of nitro benzene ring substituents is 1. The lowest BCUT2D eigenvalue weighted by atomic mass is 10.2. The lowest BCUT2D eigenvalue weighted by Gasteiger charge is -2.02. The number of hydrogen-bond acceptors (Lipinski definition) is 7. The van der Waals surface area contributed by atoms with Crippen LogP contribution in [0.4, 0.5) is 16.5 Å². The van der Waals surface area contributed by atoms with Crippen LogP contribution in [0.2, 0.25) is 0 Å². The van der Waals surface area contributed by atoms with Crippen LogP contribution in [0.15, 0.2) is 47.6 Å². The summed E-state index contributed by atoms with van der Waals surface area (Å²) in [6.45, 7) is 0. The molecule has 2 aromatic carbocycles. The van der Waals surface area contributed by atoms with Crippen LogP contribution in [0.25, 0.3) is 10.2 Å². The summed E-state index contributed by atoms with van der Waals surface area (Å²) in [4.78, 5) is 15.0. The molecule has 0 fully saturated rings. The summed E-state index contributed by atoms with van der Waals surface area (Å²) in [5.74, 6) is 0. The highest BCUT2D eigenvalue weighted by molar-refractivity contribution is 7.22. The number of aromatic nitrogens is 1. The molecule has 0 radical (unpaired) electrons. The number of fused-ring (bicyclic) bond motifs is 1. The second-order valence-corrected chi connectivity index (χ2v) is 5.67. The number of nitro groups is 1. The number of hydrogen-bond donors (Lipinski definition) is 2. The zero-order valence-electron chi connectivity index (χ0n) is 12.2. The second kappa shape index (κ2) is 6.41. The largest absolute Gasteiger partial charge is 0.383 e. The third-order valence-corrected chi connectivity index (χ3v) is 4.10. The molecule has 116 valence electrons. The average Bonchev–Trinajstić information content (AvgIpc) is 2.97. The molecule has 0 aliphatic heterocycles. The van der Waals surface area contributed by atoms with Gasteiger partial charge in [0, 0.05) is 18.7 Å². The van der Waals surface area contributed by atoms with Gasteiger partial charge in [-0.05, 0) is 18.2 Å². The van der Waals surface area contributed by atoms with Gasteiger partial charge in [0.05, 0.1) is 21.4 Å². The number of thiazole rings is 1. The van der Waals surface area contributed by atoms with Crippen LogP contribution < -0.4 is 10.7 Å². The van der Waals surface area contributed by atoms with Gasteiger partial charge in [-0.25, -0.2) is 4.98 Å². The first-order valence-corrected chi connectivity index (χ1v) is 7.60. The SMILES string of the molecule is CNc1ccc(/C=N/Nc2nc3ccccc3s2)cc1[N+](=O)[O-]. The van der Waals surface area contributed by atoms with Crippen LogP contribution in [0.5, 0.6) is 0 Å². The highest BCUT2D eigenvalue weighted by Gasteiger charge is 2.12. The molecule has 3 rings (SSSR count). The first-order chi connectivity index (χ1) is 11.2. The molecule has 8 heteroatoms. The Bertz CT molecular complexity index is 857. The minimum Gasteiger partial charge on any atom is -0.383 e. The van der Waals surface area contributed by atoms with E-state index >= 15 is 0 Å². The van der Waals surface area contributed by atoms with Crippen LogP contribution in [-0.2, 0) is 0 Å². The molecule has 0 aliphatic carbocycles. The molecule has 3 aromatic rings. The van der Waals surface area contributed by atoms with E-state index in [1.165, 1.54) is 23.6 Å². The van der Waals surface area contributed by atoms with Crippen molar-refractivity contribution in [2.45, 2.75) is 0 Å². The van der Waals surface area contributed by atoms with Crippen molar-refractivity contribution >= 4 is 44.3 Å². The summed E-state index contributed by atoms with van der Waals surface area (Å²) in [6.07, 6.45) is 1.53. The van der Waals surface area contributed by atoms with E-state index in [-0.39, 0.29) is 5.69 Å². The Hall–Kier alpha value is -3.00. The second-order valence-electron chi connectivity index (χ2n) is 4.64. The third kappa shape index (κ3) is 3.27. The Balaban J connectivity index is 1.77. The van der Waals surface area contributed by atoms with Gasteiger partial charge in [-0.3, -0.25) is 15.5 Å². The average molecular weight is 327 g/mol. The molecule has 0 saturated carbocycles. The summed E-state index contributed by atoms with van der Waals surface area (Å²) in [7, 11) is 1.64. The van der Waals surface area contributed by atoms with Gasteiger partial charge in [-0.15, -0.1) is 0 Å². The number of benzene rings is 2. The Kier molecular flexibility index (Phi) is 4.15. The van der Waals surface area contributed by atoms with E-state index in [1.54, 1.807) is 19.2 Å². The standard InChI is InChI=1S/C15H13N5O2S/c1-16-11-7-6-10(8-13(11)20(21)22)9-17-19-15-18-12-4-2-3-5-14(12)23-15/h2-9,16H,1H3,(H,18,19)/b17-9+. The molecule has 0 bridgehead atoms. The van der Waals surface area contributed by atoms with Crippen LogP contribution in [0.1, 0.15) is 5.56 Å². The lowest BCUT2D eigenvalue weighted by molar-refractivity contribution is -0.383. The van der Waals surface area contributed by atoms with Crippen molar-refractivity contribution in [2.24, 2.45) is 5.10 Å². The highest BCUT2D eigenvalue weighted by atomic mass is 32.1. The van der Waals surface area contributed by atoms with Gasteiger partial charge in [-0.1, -0.05) is 29.5 Å². The lowest BCUT2D eigenvalue weighted by Crippen LogP contribution is -1.98. The van der Waals surface area contributed by atoms with Gasteiger partial charge in [0.25, 0.3) is 5.69 Å². The smallest absolute Gasteiger partial charge is 0.292 e. The molecule has 1 heterocycles. The number of para-hydroxylation sites is 1. The fourth-order valence-corrected chi connectivity index (χ4v) is 2.89. The van der Waals surface area contributed by atoms with E-state index in [9.17, 15) is 10.1 Å². The van der Waals surface area contributed by atoms with E-state index in [0.717, 1.165) is 10.2 Å². The zero-order valence-corrected chi connectivity index (χ0v) is 13.0. The van der Waals surface area contributed by atoms with E-state index in [0.29, 0.717) is 16.4 Å². The molecular weight excluding hydrogens is 314 g/mol. The quantitative estimate of drug-likeness (QED) is 0.423. The molecule has 23 heavy (non-hydrogen) atoms. The van der Waals surface area contributed by atoms with Gasteiger partial charge in [-0.2, -0.15) is 5.10 Å². The topological polar surface area (TPSA) is 92.5 Å². The normalized spacial score (nSPS) is 11.0. The molecule has 0 aliphatic rings. The summed E-state index contributed by atoms with van der Waals surface area (Å²) in [5.41, 5.74) is 4.86. The first kappa shape index (κ1) is 14.9. The summed E-state index contributed by atoms with van der Waals surface area (Å²) >= 11 is 1.49. The highest BCUT2D eigenvalue weighted by Crippen LogP contribution is 2.26. The monoisotopic (exact) mass is 327 g/mol. The van der Waals surface area contributed by atoms with Crippen molar-refractivity contribution < 1.29 is 4.92 Å². The molecule has 7 nitrogen and oxygen atoms in total. The van der Waals surface area contributed by atoms with Crippen LogP contribution in [0, 0.1) is 10.1 Å². The molecule has 0 unspecified atom stereocenters. The maximum Gasteiger partial charge on any atom is 0.292 e. The number of hydrazone groups is 1. The van der Waals surface area contributed by atoms with Crippen molar-refractivity contribution in [3.63, 3.8) is 0 Å². The molecule has 2 N–H and O–H groups in total. The van der Waals surface area contributed by atoms with Gasteiger partial charge >= 0.3 is 0 Å². The first-order valence-electron chi connectivity index (χ1n) is 6.78. The minimum absolute atomic E-state index is 0.0106. The van der Waals surface area contributed by atoms with E-state index in [4.69, 9.17) is 0 Å². The maximum absolute atomic E-state index is 11.0. The fraction of sp³-hybridized carbons (Fsp3) is 0.0667. The van der Waals surface area contributed by atoms with Gasteiger partial charge < -0.3 is 5.32 Å². The van der Waals surface area contributed by atoms with Gasteiger partial charge in [0.1, 0.15) is 5.69 Å². The van der Waals surface area contributed by atoms with E-state index in [1.807, 2.05) is 24.3 Å².